The van der Waals surface area contributed by atoms with Crippen LogP contribution in [-0.2, 0) is 0 Å². The lowest BCUT2D eigenvalue weighted by molar-refractivity contribution is -0.163. The average Bonchev–Trinajstić information content (AvgIpc) is 2.45. The number of hydrogen-bond acceptors (Lipinski definition) is 3. The van der Waals surface area contributed by atoms with Crippen LogP contribution in [0.4, 0.5) is 18.9 Å². The Balaban J connectivity index is 1.92. The molecule has 7 heteroatoms. The monoisotopic (exact) mass is 317 g/mol. The summed E-state index contributed by atoms with van der Waals surface area (Å²) in [5.74, 6) is -1.93. The lowest BCUT2D eigenvalue weighted by Crippen LogP contribution is -2.49. The SMILES string of the molecule is N#CC(CN1CCN(c2ccccc2Cl)CC1)C(F)(F)F. The molecule has 0 bridgehead atoms. The topological polar surface area (TPSA) is 30.3 Å². The van der Waals surface area contributed by atoms with Gasteiger partial charge in [-0.05, 0) is 12.1 Å². The van der Waals surface area contributed by atoms with Gasteiger partial charge in [0.25, 0.3) is 0 Å². The summed E-state index contributed by atoms with van der Waals surface area (Å²) in [6, 6.07) is 8.74. The van der Waals surface area contributed by atoms with Gasteiger partial charge in [-0.15, -0.1) is 0 Å². The first-order chi connectivity index (χ1) is 9.91. The van der Waals surface area contributed by atoms with Gasteiger partial charge in [-0.1, -0.05) is 23.7 Å². The summed E-state index contributed by atoms with van der Waals surface area (Å²) in [4.78, 5) is 3.72. The van der Waals surface area contributed by atoms with Crippen LogP contribution in [0, 0.1) is 17.2 Å². The molecule has 1 unspecified atom stereocenters. The van der Waals surface area contributed by atoms with Crippen molar-refractivity contribution >= 4 is 17.3 Å². The van der Waals surface area contributed by atoms with Gasteiger partial charge in [-0.25, -0.2) is 0 Å². The molecule has 0 aliphatic carbocycles. The second-order valence-electron chi connectivity index (χ2n) is 4.96. The molecule has 1 aliphatic rings. The number of para-hydroxylation sites is 1. The molecule has 1 fully saturated rings. The average molecular weight is 318 g/mol. The smallest absolute Gasteiger partial charge is 0.368 e. The summed E-state index contributed by atoms with van der Waals surface area (Å²) in [6.07, 6.45) is -4.46. The fraction of sp³-hybridized carbons (Fsp3) is 0.500. The van der Waals surface area contributed by atoms with Crippen molar-refractivity contribution in [2.45, 2.75) is 6.18 Å². The fourth-order valence-corrected chi connectivity index (χ4v) is 2.61. The zero-order valence-corrected chi connectivity index (χ0v) is 12.0. The molecule has 1 aromatic rings. The minimum Gasteiger partial charge on any atom is -0.368 e. The van der Waals surface area contributed by atoms with Crippen molar-refractivity contribution in [1.82, 2.24) is 4.90 Å². The summed E-state index contributed by atoms with van der Waals surface area (Å²) in [5.41, 5.74) is 0.895. The Morgan fingerprint density at radius 1 is 1.19 bits per heavy atom. The van der Waals surface area contributed by atoms with E-state index >= 15 is 0 Å². The lowest BCUT2D eigenvalue weighted by Gasteiger charge is -2.37. The molecule has 1 saturated heterocycles. The number of halogens is 4. The number of rotatable bonds is 3. The molecule has 2 rings (SSSR count). The summed E-state index contributed by atoms with van der Waals surface area (Å²) >= 11 is 6.11. The Kier molecular flexibility index (Phi) is 4.96. The highest BCUT2D eigenvalue weighted by molar-refractivity contribution is 6.33. The van der Waals surface area contributed by atoms with Gasteiger partial charge in [0.15, 0.2) is 5.92 Å². The van der Waals surface area contributed by atoms with Gasteiger partial charge in [0.05, 0.1) is 16.8 Å². The largest absolute Gasteiger partial charge is 0.405 e. The van der Waals surface area contributed by atoms with Gasteiger partial charge in [-0.2, -0.15) is 18.4 Å². The van der Waals surface area contributed by atoms with Crippen LogP contribution in [0.25, 0.3) is 0 Å². The van der Waals surface area contributed by atoms with E-state index in [0.29, 0.717) is 31.2 Å². The van der Waals surface area contributed by atoms with Crippen LogP contribution in [0.3, 0.4) is 0 Å². The molecule has 1 aromatic carbocycles. The van der Waals surface area contributed by atoms with Crippen molar-refractivity contribution in [3.8, 4) is 6.07 Å². The van der Waals surface area contributed by atoms with Gasteiger partial charge in [-0.3, -0.25) is 4.90 Å². The quantitative estimate of drug-likeness (QED) is 0.858. The van der Waals surface area contributed by atoms with Gasteiger partial charge in [0.2, 0.25) is 0 Å². The van der Waals surface area contributed by atoms with Crippen LogP contribution in [0.2, 0.25) is 5.02 Å². The van der Waals surface area contributed by atoms with Crippen LogP contribution >= 0.6 is 11.6 Å². The molecule has 1 heterocycles. The number of piperazine rings is 1. The third-order valence-corrected chi connectivity index (χ3v) is 3.88. The molecule has 0 saturated carbocycles. The van der Waals surface area contributed by atoms with E-state index in [1.165, 1.54) is 6.07 Å². The predicted molar refractivity (Wildman–Crippen MR) is 75.3 cm³/mol. The fourth-order valence-electron chi connectivity index (χ4n) is 2.36. The molecule has 114 valence electrons. The summed E-state index contributed by atoms with van der Waals surface area (Å²) in [6.45, 7) is 1.90. The highest BCUT2D eigenvalue weighted by Gasteiger charge is 2.41. The standard InChI is InChI=1S/C14H15ClF3N3/c15-12-3-1-2-4-13(12)21-7-5-20(6-8-21)10-11(9-19)14(16,17)18/h1-4,11H,5-8,10H2. The number of benzene rings is 1. The normalized spacial score (nSPS) is 18.3. The molecular formula is C14H15ClF3N3. The van der Waals surface area contributed by atoms with E-state index in [1.807, 2.05) is 23.1 Å². The van der Waals surface area contributed by atoms with Crippen molar-refractivity contribution in [3.05, 3.63) is 29.3 Å². The van der Waals surface area contributed by atoms with Crippen molar-refractivity contribution < 1.29 is 13.2 Å². The molecule has 0 spiro atoms. The molecule has 0 N–H and O–H groups in total. The minimum absolute atomic E-state index is 0.267. The zero-order chi connectivity index (χ0) is 15.5. The zero-order valence-electron chi connectivity index (χ0n) is 11.3. The molecule has 0 aromatic heterocycles. The van der Waals surface area contributed by atoms with Gasteiger partial charge in [0.1, 0.15) is 0 Å². The highest BCUT2D eigenvalue weighted by atomic mass is 35.5. The molecule has 0 amide bonds. The van der Waals surface area contributed by atoms with Crippen molar-refractivity contribution in [1.29, 1.82) is 5.26 Å². The second kappa shape index (κ2) is 6.54. The minimum atomic E-state index is -4.46. The van der Waals surface area contributed by atoms with Crippen molar-refractivity contribution in [2.75, 3.05) is 37.6 Å². The molecule has 0 radical (unpaired) electrons. The van der Waals surface area contributed by atoms with E-state index in [0.717, 1.165) is 5.69 Å². The summed E-state index contributed by atoms with van der Waals surface area (Å²) in [5, 5.41) is 9.27. The molecular weight excluding hydrogens is 303 g/mol. The number of anilines is 1. The summed E-state index contributed by atoms with van der Waals surface area (Å²) in [7, 11) is 0. The van der Waals surface area contributed by atoms with E-state index in [-0.39, 0.29) is 6.54 Å². The molecule has 21 heavy (non-hydrogen) atoms. The predicted octanol–water partition coefficient (Wildman–Crippen LogP) is 3.16. The van der Waals surface area contributed by atoms with E-state index in [2.05, 4.69) is 0 Å². The van der Waals surface area contributed by atoms with Crippen LogP contribution < -0.4 is 4.90 Å². The van der Waals surface area contributed by atoms with Gasteiger partial charge < -0.3 is 4.90 Å². The van der Waals surface area contributed by atoms with Gasteiger partial charge >= 0.3 is 6.18 Å². The van der Waals surface area contributed by atoms with Crippen molar-refractivity contribution in [3.63, 3.8) is 0 Å². The summed E-state index contributed by atoms with van der Waals surface area (Å²) < 4.78 is 37.8. The Hall–Kier alpha value is -1.45. The molecule has 1 atom stereocenters. The third-order valence-electron chi connectivity index (χ3n) is 3.56. The number of hydrogen-bond donors (Lipinski definition) is 0. The first kappa shape index (κ1) is 15.9. The van der Waals surface area contributed by atoms with E-state index in [4.69, 9.17) is 16.9 Å². The first-order valence-corrected chi connectivity index (χ1v) is 6.98. The lowest BCUT2D eigenvalue weighted by atomic mass is 10.1. The molecule has 3 nitrogen and oxygen atoms in total. The van der Waals surface area contributed by atoms with Crippen LogP contribution in [-0.4, -0.2) is 43.8 Å². The van der Waals surface area contributed by atoms with E-state index in [1.54, 1.807) is 11.0 Å². The van der Waals surface area contributed by atoms with E-state index in [9.17, 15) is 13.2 Å². The highest BCUT2D eigenvalue weighted by Crippen LogP contribution is 2.28. The third kappa shape index (κ3) is 4.02. The Bertz CT molecular complexity index is 519. The van der Waals surface area contributed by atoms with Crippen LogP contribution in [0.15, 0.2) is 24.3 Å². The van der Waals surface area contributed by atoms with E-state index < -0.39 is 12.1 Å². The Labute approximate surface area is 126 Å². The number of nitrogens with zero attached hydrogens (tertiary/aromatic N) is 3. The molecule has 1 aliphatic heterocycles. The maximum Gasteiger partial charge on any atom is 0.405 e. The maximum atomic E-state index is 12.6. The Morgan fingerprint density at radius 2 is 1.81 bits per heavy atom. The second-order valence-corrected chi connectivity index (χ2v) is 5.37. The van der Waals surface area contributed by atoms with Gasteiger partial charge in [0, 0.05) is 32.7 Å². The maximum absolute atomic E-state index is 12.6. The number of alkyl halides is 3. The first-order valence-electron chi connectivity index (χ1n) is 6.60. The van der Waals surface area contributed by atoms with Crippen LogP contribution in [0.5, 0.6) is 0 Å². The van der Waals surface area contributed by atoms with Crippen LogP contribution in [0.1, 0.15) is 0 Å². The van der Waals surface area contributed by atoms with Crippen molar-refractivity contribution in [2.24, 2.45) is 5.92 Å². The number of nitriles is 1. The Morgan fingerprint density at radius 3 is 2.33 bits per heavy atom.